The normalized spacial score (nSPS) is 18.2. The van der Waals surface area contributed by atoms with Crippen LogP contribution >= 0.6 is 0 Å². The quantitative estimate of drug-likeness (QED) is 0.833. The second kappa shape index (κ2) is 7.74. The number of rotatable bonds is 6. The Morgan fingerprint density at radius 3 is 2.85 bits per heavy atom. The summed E-state index contributed by atoms with van der Waals surface area (Å²) in [5.41, 5.74) is 3.13. The highest BCUT2D eigenvalue weighted by atomic mass is 16.4. The van der Waals surface area contributed by atoms with Crippen LogP contribution in [0.5, 0.6) is 0 Å². The van der Waals surface area contributed by atoms with Gasteiger partial charge >= 0.3 is 0 Å². The third kappa shape index (κ3) is 3.96. The molecule has 1 aromatic carbocycles. The van der Waals surface area contributed by atoms with E-state index in [2.05, 4.69) is 5.32 Å². The first-order valence-corrected chi connectivity index (χ1v) is 8.82. The van der Waals surface area contributed by atoms with E-state index in [1.807, 2.05) is 32.0 Å². The fourth-order valence-electron chi connectivity index (χ4n) is 3.13. The lowest BCUT2D eigenvalue weighted by molar-refractivity contribution is -0.126. The predicted molar refractivity (Wildman–Crippen MR) is 97.7 cm³/mol. The van der Waals surface area contributed by atoms with Crippen molar-refractivity contribution in [2.45, 2.75) is 32.8 Å². The third-order valence-electron chi connectivity index (χ3n) is 4.89. The largest absolute Gasteiger partial charge is 0.467 e. The van der Waals surface area contributed by atoms with Crippen molar-refractivity contribution < 1.29 is 19.1 Å². The van der Waals surface area contributed by atoms with Gasteiger partial charge in [-0.25, -0.2) is 0 Å². The molecule has 2 heterocycles. The molecule has 6 heteroatoms. The fourth-order valence-corrected chi connectivity index (χ4v) is 3.13. The topological polar surface area (TPSA) is 82.8 Å². The van der Waals surface area contributed by atoms with Crippen molar-refractivity contribution in [2.75, 3.05) is 18.0 Å². The summed E-state index contributed by atoms with van der Waals surface area (Å²) in [7, 11) is 0. The van der Waals surface area contributed by atoms with Gasteiger partial charge in [0.05, 0.1) is 12.2 Å². The minimum absolute atomic E-state index is 0.0379. The van der Waals surface area contributed by atoms with Gasteiger partial charge in [0, 0.05) is 25.2 Å². The van der Waals surface area contributed by atoms with Gasteiger partial charge < -0.3 is 19.7 Å². The van der Waals surface area contributed by atoms with Gasteiger partial charge in [0.1, 0.15) is 11.9 Å². The second-order valence-corrected chi connectivity index (χ2v) is 6.78. The Labute approximate surface area is 152 Å². The standard InChI is InChI=1S/C20H24N2O4/c1-13-5-6-16(10-14(13)2)22-12-15(11-19(22)24)20(25)21-8-7-17(23)18-4-3-9-26-18/h3-6,9-10,15,17,23H,7-8,11-12H2,1-2H3,(H,21,25)/t15-,17-/m1/s1. The number of aliphatic hydroxyl groups excluding tert-OH is 1. The summed E-state index contributed by atoms with van der Waals surface area (Å²) in [6, 6.07) is 9.29. The number of nitrogens with one attached hydrogen (secondary N) is 1. The zero-order chi connectivity index (χ0) is 18.7. The van der Waals surface area contributed by atoms with Crippen LogP contribution in [0.1, 0.15) is 35.8 Å². The molecule has 0 bridgehead atoms. The summed E-state index contributed by atoms with van der Waals surface area (Å²) in [5.74, 6) is -0.0820. The molecule has 1 fully saturated rings. The monoisotopic (exact) mass is 356 g/mol. The molecule has 1 aliphatic rings. The molecule has 2 atom stereocenters. The van der Waals surface area contributed by atoms with Gasteiger partial charge in [0.25, 0.3) is 0 Å². The molecule has 2 N–H and O–H groups in total. The first kappa shape index (κ1) is 18.2. The summed E-state index contributed by atoms with van der Waals surface area (Å²) >= 11 is 0. The number of aryl methyl sites for hydroxylation is 2. The van der Waals surface area contributed by atoms with Gasteiger partial charge in [-0.05, 0) is 55.7 Å². The molecule has 1 aliphatic heterocycles. The van der Waals surface area contributed by atoms with Crippen LogP contribution in [0, 0.1) is 19.8 Å². The molecule has 1 saturated heterocycles. The number of hydrogen-bond acceptors (Lipinski definition) is 4. The third-order valence-corrected chi connectivity index (χ3v) is 4.89. The number of carbonyl (C=O) groups is 2. The first-order chi connectivity index (χ1) is 12.5. The van der Waals surface area contributed by atoms with Crippen LogP contribution in [-0.2, 0) is 9.59 Å². The summed E-state index contributed by atoms with van der Waals surface area (Å²) < 4.78 is 5.13. The van der Waals surface area contributed by atoms with E-state index >= 15 is 0 Å². The van der Waals surface area contributed by atoms with Gasteiger partial charge in [0.15, 0.2) is 0 Å². The maximum atomic E-state index is 12.4. The van der Waals surface area contributed by atoms with Crippen LogP contribution in [0.4, 0.5) is 5.69 Å². The van der Waals surface area contributed by atoms with E-state index in [0.29, 0.717) is 25.3 Å². The average molecular weight is 356 g/mol. The van der Waals surface area contributed by atoms with Crippen molar-refractivity contribution >= 4 is 17.5 Å². The predicted octanol–water partition coefficient (Wildman–Crippen LogP) is 2.49. The Kier molecular flexibility index (Phi) is 5.42. The number of nitrogens with zero attached hydrogens (tertiary/aromatic N) is 1. The summed E-state index contributed by atoms with van der Waals surface area (Å²) in [6.07, 6.45) is 1.32. The molecule has 138 valence electrons. The molecule has 0 unspecified atom stereocenters. The van der Waals surface area contributed by atoms with E-state index in [1.165, 1.54) is 11.8 Å². The fraction of sp³-hybridized carbons (Fsp3) is 0.400. The molecule has 26 heavy (non-hydrogen) atoms. The van der Waals surface area contributed by atoms with Crippen molar-refractivity contribution in [3.63, 3.8) is 0 Å². The average Bonchev–Trinajstić information content (AvgIpc) is 3.27. The van der Waals surface area contributed by atoms with Crippen molar-refractivity contribution in [3.8, 4) is 0 Å². The Balaban J connectivity index is 1.52. The number of hydrogen-bond donors (Lipinski definition) is 2. The number of aliphatic hydroxyl groups is 1. The highest BCUT2D eigenvalue weighted by Crippen LogP contribution is 2.27. The van der Waals surface area contributed by atoms with E-state index in [1.54, 1.807) is 17.0 Å². The molecule has 1 aromatic heterocycles. The molecular weight excluding hydrogens is 332 g/mol. The Hall–Kier alpha value is -2.60. The molecular formula is C20H24N2O4. The van der Waals surface area contributed by atoms with Gasteiger partial charge in [-0.1, -0.05) is 6.07 Å². The smallest absolute Gasteiger partial charge is 0.227 e. The zero-order valence-corrected chi connectivity index (χ0v) is 15.1. The molecule has 2 aromatic rings. The Morgan fingerprint density at radius 2 is 2.15 bits per heavy atom. The van der Waals surface area contributed by atoms with Crippen LogP contribution in [0.2, 0.25) is 0 Å². The Morgan fingerprint density at radius 1 is 1.35 bits per heavy atom. The van der Waals surface area contributed by atoms with Gasteiger partial charge in [-0.3, -0.25) is 9.59 Å². The lowest BCUT2D eigenvalue weighted by atomic mass is 10.1. The molecule has 0 saturated carbocycles. The van der Waals surface area contributed by atoms with E-state index in [-0.39, 0.29) is 24.2 Å². The lowest BCUT2D eigenvalue weighted by Crippen LogP contribution is -2.34. The summed E-state index contributed by atoms with van der Waals surface area (Å²) in [6.45, 7) is 4.75. The maximum absolute atomic E-state index is 12.4. The molecule has 2 amide bonds. The van der Waals surface area contributed by atoms with Crippen molar-refractivity contribution in [1.29, 1.82) is 0 Å². The summed E-state index contributed by atoms with van der Waals surface area (Å²) in [5, 5.41) is 12.8. The summed E-state index contributed by atoms with van der Waals surface area (Å²) in [4.78, 5) is 26.4. The molecule has 3 rings (SSSR count). The van der Waals surface area contributed by atoms with Crippen molar-refractivity contribution in [2.24, 2.45) is 5.92 Å². The van der Waals surface area contributed by atoms with Crippen molar-refractivity contribution in [1.82, 2.24) is 5.32 Å². The first-order valence-electron chi connectivity index (χ1n) is 8.82. The number of benzene rings is 1. The molecule has 6 nitrogen and oxygen atoms in total. The van der Waals surface area contributed by atoms with Crippen LogP contribution in [-0.4, -0.2) is 30.0 Å². The minimum atomic E-state index is -0.748. The van der Waals surface area contributed by atoms with Crippen LogP contribution in [0.3, 0.4) is 0 Å². The number of carbonyl (C=O) groups excluding carboxylic acids is 2. The van der Waals surface area contributed by atoms with Crippen LogP contribution in [0.15, 0.2) is 41.0 Å². The van der Waals surface area contributed by atoms with Gasteiger partial charge in [-0.2, -0.15) is 0 Å². The van der Waals surface area contributed by atoms with E-state index in [9.17, 15) is 14.7 Å². The molecule has 0 aliphatic carbocycles. The van der Waals surface area contributed by atoms with Gasteiger partial charge in [0.2, 0.25) is 11.8 Å². The van der Waals surface area contributed by atoms with E-state index in [4.69, 9.17) is 4.42 Å². The lowest BCUT2D eigenvalue weighted by Gasteiger charge is -2.18. The van der Waals surface area contributed by atoms with Crippen LogP contribution < -0.4 is 10.2 Å². The SMILES string of the molecule is Cc1ccc(N2C[C@H](C(=O)NCC[C@@H](O)c3ccco3)CC2=O)cc1C. The molecule has 0 spiro atoms. The second-order valence-electron chi connectivity index (χ2n) is 6.78. The van der Waals surface area contributed by atoms with Crippen molar-refractivity contribution in [3.05, 3.63) is 53.5 Å². The highest BCUT2D eigenvalue weighted by Gasteiger charge is 2.35. The zero-order valence-electron chi connectivity index (χ0n) is 15.1. The Bertz CT molecular complexity index is 785. The highest BCUT2D eigenvalue weighted by molar-refractivity contribution is 6.00. The van der Waals surface area contributed by atoms with Gasteiger partial charge in [-0.15, -0.1) is 0 Å². The maximum Gasteiger partial charge on any atom is 0.227 e. The number of anilines is 1. The van der Waals surface area contributed by atoms with E-state index in [0.717, 1.165) is 11.3 Å². The number of furan rings is 1. The van der Waals surface area contributed by atoms with Crippen LogP contribution in [0.25, 0.3) is 0 Å². The molecule has 0 radical (unpaired) electrons. The minimum Gasteiger partial charge on any atom is -0.467 e. The van der Waals surface area contributed by atoms with E-state index < -0.39 is 6.10 Å². The number of amides is 2.